The molecule has 3 fully saturated rings. The van der Waals surface area contributed by atoms with Crippen LogP contribution in [0.1, 0.15) is 81.8 Å². The molecule has 4 N–H and O–H groups in total. The summed E-state index contributed by atoms with van der Waals surface area (Å²) in [6.07, 6.45) is 7.05. The first-order valence-corrected chi connectivity index (χ1v) is 21.2. The molecule has 7 rings (SSSR count). The third-order valence-corrected chi connectivity index (χ3v) is 12.5. The van der Waals surface area contributed by atoms with Crippen LogP contribution < -0.4 is 20.1 Å². The molecule has 2 aromatic rings. The molecule has 5 aliphatic rings. The van der Waals surface area contributed by atoms with Crippen LogP contribution >= 0.6 is 11.6 Å². The molecule has 3 heterocycles. The highest BCUT2D eigenvalue weighted by Gasteiger charge is 2.61. The zero-order chi connectivity index (χ0) is 40.3. The number of hydrogen-bond acceptors (Lipinski definition) is 9. The summed E-state index contributed by atoms with van der Waals surface area (Å²) in [5, 5.41) is 5.87. The van der Waals surface area contributed by atoms with E-state index in [4.69, 9.17) is 21.1 Å². The summed E-state index contributed by atoms with van der Waals surface area (Å²) in [5.74, 6) is -3.35. The van der Waals surface area contributed by atoms with E-state index in [0.717, 1.165) is 32.1 Å². The molecule has 5 atom stereocenters. The summed E-state index contributed by atoms with van der Waals surface area (Å²) in [6, 6.07) is 8.04. The van der Waals surface area contributed by atoms with Gasteiger partial charge < -0.3 is 25.0 Å². The molecule has 15 nitrogen and oxygen atoms in total. The highest BCUT2D eigenvalue weighted by molar-refractivity contribution is 7.91. The van der Waals surface area contributed by atoms with Gasteiger partial charge in [-0.2, -0.15) is 8.42 Å². The Balaban J connectivity index is 1.12. The minimum Gasteiger partial charge on any atom is -0.446 e. The standard InChI is InChI=1S/C39H46ClFN6O9S/c40-26-15-17-27(18-16-26)44-57(53,54)45-36(50)39-20-25(39)10-4-2-1-3-5-14-32(42-37(51)55-28-11-6-7-12-28)35(49)47-22-29(19-33(47)34(48)43-39)56-38(52)46-21-24-9-8-13-31(41)30(24)23-46/h4,8-10,13,15-18,25,28-29,32-33,44H,1-3,5-7,11-12,14,19-23H2,(H,42,51)(H,43,48)(H,45,50)/b10-4-/t25-,29-,32+,33+,39-/m1/s1. The Bertz CT molecular complexity index is 2030. The van der Waals surface area contributed by atoms with Gasteiger partial charge in [-0.1, -0.05) is 48.7 Å². The van der Waals surface area contributed by atoms with Gasteiger partial charge in [-0.25, -0.2) is 18.7 Å². The third kappa shape index (κ3) is 9.46. The Morgan fingerprint density at radius 2 is 1.68 bits per heavy atom. The smallest absolute Gasteiger partial charge is 0.410 e. The van der Waals surface area contributed by atoms with Gasteiger partial charge in [0.1, 0.15) is 35.6 Å². The Kier molecular flexibility index (Phi) is 12.0. The molecule has 5 amide bonds. The first-order valence-electron chi connectivity index (χ1n) is 19.4. The van der Waals surface area contributed by atoms with Gasteiger partial charge in [0.25, 0.3) is 5.91 Å². The van der Waals surface area contributed by atoms with Crippen molar-refractivity contribution in [2.24, 2.45) is 5.92 Å². The highest BCUT2D eigenvalue weighted by Crippen LogP contribution is 2.46. The van der Waals surface area contributed by atoms with Crippen molar-refractivity contribution in [3.8, 4) is 0 Å². The Labute approximate surface area is 335 Å². The van der Waals surface area contributed by atoms with Gasteiger partial charge in [-0.3, -0.25) is 24.0 Å². The maximum absolute atomic E-state index is 14.5. The van der Waals surface area contributed by atoms with Crippen LogP contribution in [0.2, 0.25) is 5.02 Å². The number of fused-ring (bicyclic) bond motifs is 3. The zero-order valence-corrected chi connectivity index (χ0v) is 32.8. The molecule has 3 aliphatic heterocycles. The van der Waals surface area contributed by atoms with E-state index < -0.39 is 75.6 Å². The second kappa shape index (κ2) is 16.9. The van der Waals surface area contributed by atoms with Gasteiger partial charge in [-0.15, -0.1) is 0 Å². The Morgan fingerprint density at radius 3 is 2.44 bits per heavy atom. The largest absolute Gasteiger partial charge is 0.446 e. The van der Waals surface area contributed by atoms with E-state index in [0.29, 0.717) is 35.4 Å². The van der Waals surface area contributed by atoms with Gasteiger partial charge >= 0.3 is 22.4 Å². The van der Waals surface area contributed by atoms with Gasteiger partial charge in [0.2, 0.25) is 11.8 Å². The second-order valence-corrected chi connectivity index (χ2v) is 17.2. The predicted molar refractivity (Wildman–Crippen MR) is 205 cm³/mol. The fourth-order valence-corrected chi connectivity index (χ4v) is 9.19. The molecule has 0 bridgehead atoms. The van der Waals surface area contributed by atoms with Crippen LogP contribution in [0, 0.1) is 11.7 Å². The van der Waals surface area contributed by atoms with Crippen LogP contribution in [0.5, 0.6) is 0 Å². The van der Waals surface area contributed by atoms with Gasteiger partial charge in [0.15, 0.2) is 0 Å². The normalized spacial score (nSPS) is 27.1. The van der Waals surface area contributed by atoms with Crippen LogP contribution in [0.15, 0.2) is 54.6 Å². The van der Waals surface area contributed by atoms with Crippen molar-refractivity contribution < 1.29 is 46.3 Å². The molecule has 1 saturated heterocycles. The quantitative estimate of drug-likeness (QED) is 0.284. The van der Waals surface area contributed by atoms with Crippen molar-refractivity contribution in [1.82, 2.24) is 25.2 Å². The molecular formula is C39H46ClFN6O9S. The summed E-state index contributed by atoms with van der Waals surface area (Å²) in [6.45, 7) is -0.115. The lowest BCUT2D eigenvalue weighted by atomic mass is 10.0. The lowest BCUT2D eigenvalue weighted by Crippen LogP contribution is -2.58. The highest BCUT2D eigenvalue weighted by atomic mass is 35.5. The average molecular weight is 829 g/mol. The Hall–Kier alpha value is -4.90. The fourth-order valence-electron chi connectivity index (χ4n) is 8.14. The third-order valence-electron chi connectivity index (χ3n) is 11.3. The molecule has 57 heavy (non-hydrogen) atoms. The van der Waals surface area contributed by atoms with Crippen molar-refractivity contribution in [3.05, 3.63) is 76.6 Å². The number of ether oxygens (including phenoxy) is 2. The minimum atomic E-state index is -4.47. The first kappa shape index (κ1) is 40.3. The second-order valence-electron chi connectivity index (χ2n) is 15.4. The summed E-state index contributed by atoms with van der Waals surface area (Å²) >= 11 is 5.92. The molecule has 0 unspecified atom stereocenters. The van der Waals surface area contributed by atoms with Crippen molar-refractivity contribution in [1.29, 1.82) is 0 Å². The number of allylic oxidation sites excluding steroid dienone is 1. The number of amides is 5. The summed E-state index contributed by atoms with van der Waals surface area (Å²) in [7, 11) is -4.47. The lowest BCUT2D eigenvalue weighted by molar-refractivity contribution is -0.141. The molecule has 306 valence electrons. The molecule has 0 aromatic heterocycles. The monoisotopic (exact) mass is 828 g/mol. The fraction of sp³-hybridized carbons (Fsp3) is 0.513. The molecule has 2 saturated carbocycles. The number of carbonyl (C=O) groups is 5. The number of rotatable bonds is 7. The van der Waals surface area contributed by atoms with Crippen molar-refractivity contribution in [3.63, 3.8) is 0 Å². The van der Waals surface area contributed by atoms with Crippen LogP contribution in [0.4, 0.5) is 19.7 Å². The molecule has 2 aliphatic carbocycles. The topological polar surface area (TPSA) is 193 Å². The molecule has 2 aromatic carbocycles. The summed E-state index contributed by atoms with van der Waals surface area (Å²) < 4.78 is 56.5. The van der Waals surface area contributed by atoms with Crippen molar-refractivity contribution in [2.75, 3.05) is 11.3 Å². The number of hydrogen-bond donors (Lipinski definition) is 4. The zero-order valence-electron chi connectivity index (χ0n) is 31.2. The first-order chi connectivity index (χ1) is 27.3. The summed E-state index contributed by atoms with van der Waals surface area (Å²) in [5.41, 5.74) is -0.515. The van der Waals surface area contributed by atoms with E-state index in [9.17, 15) is 36.8 Å². The number of nitrogens with one attached hydrogen (secondary N) is 4. The average Bonchev–Trinajstić information content (AvgIpc) is 3.59. The molecule has 18 heteroatoms. The van der Waals surface area contributed by atoms with Crippen LogP contribution in [0.3, 0.4) is 0 Å². The van der Waals surface area contributed by atoms with Crippen LogP contribution in [-0.4, -0.2) is 84.5 Å². The van der Waals surface area contributed by atoms with Gasteiger partial charge in [0, 0.05) is 29.5 Å². The predicted octanol–water partition coefficient (Wildman–Crippen LogP) is 4.81. The maximum Gasteiger partial charge on any atom is 0.410 e. The SMILES string of the molecule is O=C(N[C@H]1CCCCC/C=C\[C@@H]2C[C@@]2(C(=O)NS(=O)(=O)Nc2ccc(Cl)cc2)NC(=O)[C@@H]2C[C@@H](OC(=O)N3Cc4cccc(F)c4C3)CN2C1=O)OC1CCCC1. The Morgan fingerprint density at radius 1 is 0.930 bits per heavy atom. The molecule has 0 radical (unpaired) electrons. The minimum absolute atomic E-state index is 0.0163. The number of anilines is 1. The number of alkyl carbamates (subject to hydrolysis) is 1. The van der Waals surface area contributed by atoms with E-state index in [1.165, 1.54) is 40.1 Å². The van der Waals surface area contributed by atoms with E-state index >= 15 is 0 Å². The van der Waals surface area contributed by atoms with Gasteiger partial charge in [-0.05, 0) is 87.3 Å². The van der Waals surface area contributed by atoms with E-state index in [1.807, 2.05) is 10.8 Å². The van der Waals surface area contributed by atoms with Crippen LogP contribution in [-0.2, 0) is 47.2 Å². The number of halogens is 2. The molecular weight excluding hydrogens is 783 g/mol. The van der Waals surface area contributed by atoms with E-state index in [-0.39, 0.29) is 50.7 Å². The van der Waals surface area contributed by atoms with Gasteiger partial charge in [0.05, 0.1) is 18.8 Å². The summed E-state index contributed by atoms with van der Waals surface area (Å²) in [4.78, 5) is 71.7. The molecule has 0 spiro atoms. The van der Waals surface area contributed by atoms with Crippen LogP contribution in [0.25, 0.3) is 0 Å². The maximum atomic E-state index is 14.5. The number of benzene rings is 2. The van der Waals surface area contributed by atoms with E-state index in [2.05, 4.69) is 15.4 Å². The van der Waals surface area contributed by atoms with Crippen molar-refractivity contribution in [2.45, 2.75) is 114 Å². The number of nitrogens with zero attached hydrogens (tertiary/aromatic N) is 2. The number of carbonyl (C=O) groups excluding carboxylic acids is 5. The lowest BCUT2D eigenvalue weighted by Gasteiger charge is -2.30. The van der Waals surface area contributed by atoms with E-state index in [1.54, 1.807) is 18.2 Å². The van der Waals surface area contributed by atoms with Crippen molar-refractivity contribution >= 4 is 57.4 Å².